The summed E-state index contributed by atoms with van der Waals surface area (Å²) < 4.78 is 0. The van der Waals surface area contributed by atoms with E-state index < -0.39 is 0 Å². The molecule has 0 aromatic heterocycles. The lowest BCUT2D eigenvalue weighted by atomic mass is 10.1. The average molecular weight is 278 g/mol. The summed E-state index contributed by atoms with van der Waals surface area (Å²) in [5.41, 5.74) is 1.53. The number of aliphatic hydroxyl groups excluding tert-OH is 1. The van der Waals surface area contributed by atoms with E-state index in [-0.39, 0.29) is 36.9 Å². The second-order valence-corrected chi connectivity index (χ2v) is 5.07. The molecule has 20 heavy (non-hydrogen) atoms. The van der Waals surface area contributed by atoms with Gasteiger partial charge >= 0.3 is 0 Å². The van der Waals surface area contributed by atoms with Gasteiger partial charge < -0.3 is 15.7 Å². The molecule has 1 aromatic carbocycles. The highest BCUT2D eigenvalue weighted by Gasteiger charge is 2.14. The Morgan fingerprint density at radius 1 is 1.30 bits per heavy atom. The van der Waals surface area contributed by atoms with Crippen LogP contribution < -0.4 is 10.6 Å². The van der Waals surface area contributed by atoms with Gasteiger partial charge in [0.2, 0.25) is 5.91 Å². The van der Waals surface area contributed by atoms with Crippen LogP contribution in [-0.4, -0.2) is 36.1 Å². The molecule has 2 amide bonds. The maximum absolute atomic E-state index is 11.8. The maximum Gasteiger partial charge on any atom is 0.251 e. The van der Waals surface area contributed by atoms with Gasteiger partial charge in [-0.3, -0.25) is 9.59 Å². The van der Waals surface area contributed by atoms with Gasteiger partial charge in [0.1, 0.15) is 0 Å². The molecule has 0 heterocycles. The van der Waals surface area contributed by atoms with E-state index in [1.54, 1.807) is 18.2 Å². The number of hydrogen-bond donors (Lipinski definition) is 3. The van der Waals surface area contributed by atoms with Crippen LogP contribution in [0.4, 0.5) is 0 Å². The highest BCUT2D eigenvalue weighted by molar-refractivity contribution is 5.96. The molecule has 0 bridgehead atoms. The molecular weight excluding hydrogens is 256 g/mol. The van der Waals surface area contributed by atoms with Gasteiger partial charge in [-0.25, -0.2) is 0 Å². The van der Waals surface area contributed by atoms with Crippen molar-refractivity contribution in [3.8, 4) is 0 Å². The Balaban J connectivity index is 2.43. The molecule has 0 aliphatic rings. The number of aliphatic hydroxyl groups is 1. The minimum absolute atomic E-state index is 0.0110. The molecule has 3 N–H and O–H groups in total. The van der Waals surface area contributed by atoms with Crippen molar-refractivity contribution in [1.29, 1.82) is 0 Å². The Bertz CT molecular complexity index is 474. The minimum Gasteiger partial charge on any atom is -0.396 e. The van der Waals surface area contributed by atoms with Crippen LogP contribution in [0.1, 0.15) is 29.8 Å². The van der Waals surface area contributed by atoms with E-state index in [4.69, 9.17) is 5.11 Å². The van der Waals surface area contributed by atoms with E-state index in [9.17, 15) is 9.59 Å². The van der Waals surface area contributed by atoms with Crippen molar-refractivity contribution in [2.75, 3.05) is 13.2 Å². The molecule has 110 valence electrons. The molecule has 1 aromatic rings. The highest BCUT2D eigenvalue weighted by Crippen LogP contribution is 2.03. The van der Waals surface area contributed by atoms with Gasteiger partial charge in [-0.1, -0.05) is 24.6 Å². The van der Waals surface area contributed by atoms with Crippen LogP contribution in [0.3, 0.4) is 0 Å². The van der Waals surface area contributed by atoms with Gasteiger partial charge in [0.05, 0.1) is 6.54 Å². The largest absolute Gasteiger partial charge is 0.396 e. The Labute approximate surface area is 119 Å². The molecule has 0 fully saturated rings. The number of carbonyl (C=O) groups excluding carboxylic acids is 2. The van der Waals surface area contributed by atoms with E-state index in [2.05, 4.69) is 10.6 Å². The fourth-order valence-electron chi connectivity index (χ4n) is 1.65. The zero-order valence-electron chi connectivity index (χ0n) is 12.1. The van der Waals surface area contributed by atoms with Crippen LogP contribution in [0, 0.1) is 12.8 Å². The molecule has 0 radical (unpaired) electrons. The number of nitrogens with one attached hydrogen (secondary N) is 2. The first-order chi connectivity index (χ1) is 9.43. The predicted octanol–water partition coefficient (Wildman–Crippen LogP) is 0.858. The molecule has 5 heteroatoms. The summed E-state index contributed by atoms with van der Waals surface area (Å²) in [5.74, 6) is -0.558. The summed E-state index contributed by atoms with van der Waals surface area (Å²) in [6.45, 7) is 5.51. The van der Waals surface area contributed by atoms with Crippen molar-refractivity contribution < 1.29 is 14.7 Å². The third-order valence-electron chi connectivity index (χ3n) is 3.22. The number of amides is 2. The lowest BCUT2D eigenvalue weighted by Crippen LogP contribution is -2.43. The molecule has 0 saturated carbocycles. The molecular formula is C15H22N2O3. The second kappa shape index (κ2) is 7.65. The predicted molar refractivity (Wildman–Crippen MR) is 77.4 cm³/mol. The van der Waals surface area contributed by atoms with E-state index in [1.807, 2.05) is 26.8 Å². The summed E-state index contributed by atoms with van der Waals surface area (Å²) in [7, 11) is 0. The van der Waals surface area contributed by atoms with E-state index in [1.165, 1.54) is 0 Å². The molecule has 5 nitrogen and oxygen atoms in total. The first-order valence-electron chi connectivity index (χ1n) is 6.69. The van der Waals surface area contributed by atoms with Gasteiger partial charge in [-0.05, 0) is 31.9 Å². The third kappa shape index (κ3) is 5.01. The van der Waals surface area contributed by atoms with Gasteiger partial charge in [0, 0.05) is 18.2 Å². The quantitative estimate of drug-likeness (QED) is 0.722. The third-order valence-corrected chi connectivity index (χ3v) is 3.22. The maximum atomic E-state index is 11.8. The zero-order valence-corrected chi connectivity index (χ0v) is 12.1. The molecule has 0 aliphatic carbocycles. The van der Waals surface area contributed by atoms with Gasteiger partial charge in [-0.2, -0.15) is 0 Å². The standard InChI is InChI=1S/C15H22N2O3/c1-10-5-4-6-13(7-10)15(20)16-8-14(19)17-12(3)11(2)9-18/h4-7,11-12,18H,8-9H2,1-3H3,(H,16,20)(H,17,19). The van der Waals surface area contributed by atoms with Crippen molar-refractivity contribution in [3.05, 3.63) is 35.4 Å². The number of rotatable bonds is 6. The van der Waals surface area contributed by atoms with Crippen LogP contribution in [0.5, 0.6) is 0 Å². The first kappa shape index (κ1) is 16.2. The second-order valence-electron chi connectivity index (χ2n) is 5.07. The molecule has 0 spiro atoms. The number of carbonyl (C=O) groups is 2. The summed E-state index contributed by atoms with van der Waals surface area (Å²) in [4.78, 5) is 23.5. The first-order valence-corrected chi connectivity index (χ1v) is 6.69. The molecule has 2 unspecified atom stereocenters. The summed E-state index contributed by atoms with van der Waals surface area (Å²) in [5, 5.41) is 14.3. The fraction of sp³-hybridized carbons (Fsp3) is 0.467. The van der Waals surface area contributed by atoms with Crippen molar-refractivity contribution in [3.63, 3.8) is 0 Å². The Kier molecular flexibility index (Phi) is 6.18. The molecule has 0 saturated heterocycles. The van der Waals surface area contributed by atoms with Crippen molar-refractivity contribution in [1.82, 2.24) is 10.6 Å². The smallest absolute Gasteiger partial charge is 0.251 e. The van der Waals surface area contributed by atoms with E-state index in [0.717, 1.165) is 5.56 Å². The summed E-state index contributed by atoms with van der Waals surface area (Å²) in [6.07, 6.45) is 0. The minimum atomic E-state index is -0.272. The number of hydrogen-bond acceptors (Lipinski definition) is 3. The lowest BCUT2D eigenvalue weighted by Gasteiger charge is -2.19. The van der Waals surface area contributed by atoms with Crippen molar-refractivity contribution in [2.24, 2.45) is 5.92 Å². The monoisotopic (exact) mass is 278 g/mol. The highest BCUT2D eigenvalue weighted by atomic mass is 16.3. The topological polar surface area (TPSA) is 78.4 Å². The van der Waals surface area contributed by atoms with Crippen LogP contribution >= 0.6 is 0 Å². The van der Waals surface area contributed by atoms with E-state index in [0.29, 0.717) is 5.56 Å². The Morgan fingerprint density at radius 2 is 2.00 bits per heavy atom. The number of aryl methyl sites for hydroxylation is 1. The molecule has 2 atom stereocenters. The van der Waals surface area contributed by atoms with Gasteiger partial charge in [0.15, 0.2) is 0 Å². The van der Waals surface area contributed by atoms with Gasteiger partial charge in [0.25, 0.3) is 5.91 Å². The van der Waals surface area contributed by atoms with Crippen LogP contribution in [0.15, 0.2) is 24.3 Å². The lowest BCUT2D eigenvalue weighted by molar-refractivity contribution is -0.121. The Hall–Kier alpha value is -1.88. The fourth-order valence-corrected chi connectivity index (χ4v) is 1.65. The van der Waals surface area contributed by atoms with Crippen molar-refractivity contribution >= 4 is 11.8 Å². The summed E-state index contributed by atoms with van der Waals surface area (Å²) >= 11 is 0. The SMILES string of the molecule is Cc1cccc(C(=O)NCC(=O)NC(C)C(C)CO)c1. The van der Waals surface area contributed by atoms with Crippen LogP contribution in [0.2, 0.25) is 0 Å². The zero-order chi connectivity index (χ0) is 15.1. The average Bonchev–Trinajstić information content (AvgIpc) is 2.43. The van der Waals surface area contributed by atoms with E-state index >= 15 is 0 Å². The van der Waals surface area contributed by atoms with Crippen LogP contribution in [0.25, 0.3) is 0 Å². The number of benzene rings is 1. The van der Waals surface area contributed by atoms with Crippen molar-refractivity contribution in [2.45, 2.75) is 26.8 Å². The molecule has 0 aliphatic heterocycles. The molecule has 1 rings (SSSR count). The Morgan fingerprint density at radius 3 is 2.60 bits per heavy atom. The van der Waals surface area contributed by atoms with Gasteiger partial charge in [-0.15, -0.1) is 0 Å². The normalized spacial score (nSPS) is 13.4. The van der Waals surface area contributed by atoms with Crippen LogP contribution in [-0.2, 0) is 4.79 Å². The summed E-state index contributed by atoms with van der Waals surface area (Å²) in [6, 6.07) is 7.04.